The topological polar surface area (TPSA) is 193 Å². The molecule has 0 aliphatic carbocycles. The minimum absolute atomic E-state index is 0.0910. The van der Waals surface area contributed by atoms with Gasteiger partial charge < -0.3 is 30.0 Å². The van der Waals surface area contributed by atoms with E-state index in [1.165, 1.54) is 12.1 Å². The SMILES string of the molecule is NCCOCCOCCNC(=O)C(OC(=O)C(F)(F)F)Oc1cccc2c1C(=O)N(C1CCC(=O)NC1=O)C2=O. The first-order valence-electron chi connectivity index (χ1n) is 11.9. The second kappa shape index (κ2) is 13.3. The number of nitrogens with two attached hydrogens (primary N) is 1. The number of benzene rings is 1. The summed E-state index contributed by atoms with van der Waals surface area (Å²) in [6, 6.07) is 2.12. The monoisotopic (exact) mass is 574 g/mol. The van der Waals surface area contributed by atoms with Crippen LogP contribution in [0.15, 0.2) is 18.2 Å². The lowest BCUT2D eigenvalue weighted by Gasteiger charge is -2.27. The van der Waals surface area contributed by atoms with E-state index in [1.54, 1.807) is 0 Å². The van der Waals surface area contributed by atoms with Crippen molar-refractivity contribution in [3.8, 4) is 5.75 Å². The van der Waals surface area contributed by atoms with Gasteiger partial charge in [0.15, 0.2) is 0 Å². The number of nitrogens with one attached hydrogen (secondary N) is 2. The molecule has 2 heterocycles. The van der Waals surface area contributed by atoms with Gasteiger partial charge in [-0.15, -0.1) is 0 Å². The highest BCUT2D eigenvalue weighted by molar-refractivity contribution is 6.24. The van der Waals surface area contributed by atoms with Crippen LogP contribution in [-0.2, 0) is 33.4 Å². The number of nitrogens with zero attached hydrogens (tertiary/aromatic N) is 1. The number of esters is 1. The molecule has 2 unspecified atom stereocenters. The Labute approximate surface area is 224 Å². The molecule has 1 aromatic rings. The lowest BCUT2D eigenvalue weighted by molar-refractivity contribution is -0.216. The average molecular weight is 574 g/mol. The summed E-state index contributed by atoms with van der Waals surface area (Å²) < 4.78 is 58.3. The maximum absolute atomic E-state index is 13.2. The van der Waals surface area contributed by atoms with Gasteiger partial charge in [0.05, 0.1) is 37.6 Å². The molecule has 17 heteroatoms. The van der Waals surface area contributed by atoms with Crippen molar-refractivity contribution in [2.75, 3.05) is 39.5 Å². The highest BCUT2D eigenvalue weighted by Gasteiger charge is 2.47. The van der Waals surface area contributed by atoms with Gasteiger partial charge in [-0.1, -0.05) is 6.07 Å². The largest absolute Gasteiger partial charge is 0.491 e. The summed E-state index contributed by atoms with van der Waals surface area (Å²) in [5.41, 5.74) is 4.52. The van der Waals surface area contributed by atoms with Crippen LogP contribution in [0.3, 0.4) is 0 Å². The van der Waals surface area contributed by atoms with Crippen molar-refractivity contribution in [3.05, 3.63) is 29.3 Å². The van der Waals surface area contributed by atoms with Crippen LogP contribution in [0.25, 0.3) is 0 Å². The van der Waals surface area contributed by atoms with Gasteiger partial charge in [-0.3, -0.25) is 34.2 Å². The predicted octanol–water partition coefficient (Wildman–Crippen LogP) is -0.994. The molecule has 40 heavy (non-hydrogen) atoms. The summed E-state index contributed by atoms with van der Waals surface area (Å²) in [6.45, 7) is 0.648. The number of halogens is 3. The zero-order valence-corrected chi connectivity index (χ0v) is 20.8. The number of hydrogen-bond acceptors (Lipinski definition) is 11. The van der Waals surface area contributed by atoms with Gasteiger partial charge in [0.25, 0.3) is 11.8 Å². The lowest BCUT2D eigenvalue weighted by Crippen LogP contribution is -2.54. The third-order valence-corrected chi connectivity index (χ3v) is 5.50. The molecule has 2 aliphatic rings. The van der Waals surface area contributed by atoms with Gasteiger partial charge >= 0.3 is 24.3 Å². The fourth-order valence-corrected chi connectivity index (χ4v) is 3.73. The molecule has 1 aromatic carbocycles. The minimum atomic E-state index is -5.48. The van der Waals surface area contributed by atoms with E-state index in [0.717, 1.165) is 6.07 Å². The fourth-order valence-electron chi connectivity index (χ4n) is 3.73. The number of alkyl halides is 3. The molecular weight excluding hydrogens is 549 g/mol. The van der Waals surface area contributed by atoms with E-state index in [2.05, 4.69) is 10.1 Å². The van der Waals surface area contributed by atoms with Crippen LogP contribution in [0, 0.1) is 0 Å². The number of rotatable bonds is 13. The summed E-state index contributed by atoms with van der Waals surface area (Å²) in [5, 5.41) is 4.20. The van der Waals surface area contributed by atoms with E-state index >= 15 is 0 Å². The van der Waals surface area contributed by atoms with Crippen LogP contribution in [0.2, 0.25) is 0 Å². The molecule has 3 rings (SSSR count). The van der Waals surface area contributed by atoms with Gasteiger partial charge in [-0.2, -0.15) is 13.2 Å². The van der Waals surface area contributed by atoms with E-state index in [1.807, 2.05) is 5.32 Å². The number of piperidine rings is 1. The molecule has 14 nitrogen and oxygen atoms in total. The number of imide groups is 2. The number of fused-ring (bicyclic) bond motifs is 1. The molecule has 2 atom stereocenters. The molecule has 4 N–H and O–H groups in total. The number of hydrogen-bond donors (Lipinski definition) is 3. The van der Waals surface area contributed by atoms with Crippen molar-refractivity contribution < 1.29 is 60.9 Å². The van der Waals surface area contributed by atoms with Gasteiger partial charge in [0.2, 0.25) is 11.8 Å². The molecule has 218 valence electrons. The summed E-state index contributed by atoms with van der Waals surface area (Å²) in [6.07, 6.45) is -8.31. The third-order valence-electron chi connectivity index (χ3n) is 5.50. The summed E-state index contributed by atoms with van der Waals surface area (Å²) in [7, 11) is 0. The molecule has 0 radical (unpaired) electrons. The van der Waals surface area contributed by atoms with Crippen LogP contribution in [0.5, 0.6) is 5.75 Å². The number of carbonyl (C=O) groups excluding carboxylic acids is 6. The molecule has 0 saturated carbocycles. The molecule has 1 fully saturated rings. The van der Waals surface area contributed by atoms with Crippen molar-refractivity contribution in [1.29, 1.82) is 0 Å². The second-order valence-corrected chi connectivity index (χ2v) is 8.28. The standard InChI is InChI=1S/C23H25F3N4O10/c24-23(25,26)22(36)40-21(18(33)28-7-9-38-11-10-37-8-6-27)39-14-3-1-2-12-16(14)20(35)30(19(12)34)13-4-5-15(31)29-17(13)32/h1-3,13,21H,4-11,27H2,(H,28,33)(H,29,31,32). The van der Waals surface area contributed by atoms with Crippen molar-refractivity contribution in [2.24, 2.45) is 5.73 Å². The molecule has 1 saturated heterocycles. The Hall–Kier alpha value is -4.09. The Balaban J connectivity index is 1.75. The number of amides is 5. The molecule has 0 bridgehead atoms. The van der Waals surface area contributed by atoms with Crippen LogP contribution in [0.1, 0.15) is 33.6 Å². The second-order valence-electron chi connectivity index (χ2n) is 8.28. The normalized spacial score (nSPS) is 17.8. The van der Waals surface area contributed by atoms with E-state index in [4.69, 9.17) is 19.9 Å². The van der Waals surface area contributed by atoms with E-state index < -0.39 is 65.3 Å². The van der Waals surface area contributed by atoms with E-state index in [-0.39, 0.29) is 44.8 Å². The maximum atomic E-state index is 13.2. The van der Waals surface area contributed by atoms with E-state index in [0.29, 0.717) is 18.1 Å². The molecule has 5 amide bonds. The van der Waals surface area contributed by atoms with Gasteiger partial charge in [0, 0.05) is 19.5 Å². The van der Waals surface area contributed by atoms with E-state index in [9.17, 15) is 41.9 Å². The third kappa shape index (κ3) is 7.30. The Morgan fingerprint density at radius 1 is 1.07 bits per heavy atom. The Kier molecular flexibility index (Phi) is 10.1. The van der Waals surface area contributed by atoms with Crippen molar-refractivity contribution in [3.63, 3.8) is 0 Å². The highest BCUT2D eigenvalue weighted by Crippen LogP contribution is 2.34. The number of carbonyl (C=O) groups is 6. The minimum Gasteiger partial charge on any atom is -0.445 e. The molecule has 0 spiro atoms. The molecular formula is C23H25F3N4O10. The fraction of sp³-hybridized carbons (Fsp3) is 0.478. The van der Waals surface area contributed by atoms with Crippen molar-refractivity contribution in [2.45, 2.75) is 31.3 Å². The predicted molar refractivity (Wildman–Crippen MR) is 123 cm³/mol. The quantitative estimate of drug-likeness (QED) is 0.113. The maximum Gasteiger partial charge on any atom is 0.491 e. The zero-order valence-electron chi connectivity index (χ0n) is 20.8. The van der Waals surface area contributed by atoms with Gasteiger partial charge in [0.1, 0.15) is 11.8 Å². The highest BCUT2D eigenvalue weighted by atomic mass is 19.4. The average Bonchev–Trinajstić information content (AvgIpc) is 3.15. The van der Waals surface area contributed by atoms with Gasteiger partial charge in [-0.05, 0) is 18.6 Å². The zero-order chi connectivity index (χ0) is 29.4. The summed E-state index contributed by atoms with van der Waals surface area (Å²) >= 11 is 0. The number of ether oxygens (including phenoxy) is 4. The Morgan fingerprint density at radius 2 is 1.77 bits per heavy atom. The van der Waals surface area contributed by atoms with Crippen LogP contribution < -0.4 is 21.1 Å². The lowest BCUT2D eigenvalue weighted by atomic mass is 10.0. The smallest absolute Gasteiger partial charge is 0.445 e. The first-order chi connectivity index (χ1) is 19.0. The summed E-state index contributed by atoms with van der Waals surface area (Å²) in [4.78, 5) is 74.5. The first kappa shape index (κ1) is 30.5. The molecule has 2 aliphatic heterocycles. The van der Waals surface area contributed by atoms with Crippen LogP contribution in [0.4, 0.5) is 13.2 Å². The molecule has 0 aromatic heterocycles. The Morgan fingerprint density at radius 3 is 2.42 bits per heavy atom. The van der Waals surface area contributed by atoms with Crippen LogP contribution >= 0.6 is 0 Å². The first-order valence-corrected chi connectivity index (χ1v) is 11.9. The van der Waals surface area contributed by atoms with Crippen LogP contribution in [-0.4, -0.2) is 98.4 Å². The van der Waals surface area contributed by atoms with Gasteiger partial charge in [-0.25, -0.2) is 4.79 Å². The van der Waals surface area contributed by atoms with Crippen molar-refractivity contribution >= 4 is 35.5 Å². The summed E-state index contributed by atoms with van der Waals surface area (Å²) in [5.74, 6) is -8.10. The Bertz CT molecular complexity index is 1180. The van der Waals surface area contributed by atoms with Crippen molar-refractivity contribution in [1.82, 2.24) is 15.5 Å².